The molecule has 2 saturated heterocycles. The van der Waals surface area contributed by atoms with Crippen LogP contribution in [0.5, 0.6) is 0 Å². The second-order valence-electron chi connectivity index (χ2n) is 5.42. The van der Waals surface area contributed by atoms with Gasteiger partial charge >= 0.3 is 0 Å². The third kappa shape index (κ3) is 3.22. The lowest BCUT2D eigenvalue weighted by Gasteiger charge is -2.34. The van der Waals surface area contributed by atoms with Crippen molar-refractivity contribution < 1.29 is 9.53 Å². The Morgan fingerprint density at radius 3 is 2.53 bits per heavy atom. The average molecular weight is 304 g/mol. The first-order chi connectivity index (χ1) is 8.08. The van der Waals surface area contributed by atoms with E-state index in [0.29, 0.717) is 17.3 Å². The molecule has 0 aromatic heterocycles. The number of likely N-dealkylation sites (tertiary alicyclic amines) is 1. The van der Waals surface area contributed by atoms with Crippen molar-refractivity contribution >= 4 is 21.8 Å². The summed E-state index contributed by atoms with van der Waals surface area (Å²) in [5.74, 6) is 1.15. The molecular formula is C13H22BrNO2. The zero-order chi connectivity index (χ0) is 12.4. The molecule has 2 rings (SSSR count). The summed E-state index contributed by atoms with van der Waals surface area (Å²) in [4.78, 5) is 14.9. The number of hydrogen-bond acceptors (Lipinski definition) is 2. The molecule has 2 aliphatic heterocycles. The predicted molar refractivity (Wildman–Crippen MR) is 71.2 cm³/mol. The maximum Gasteiger partial charge on any atom is 0.228 e. The summed E-state index contributed by atoms with van der Waals surface area (Å²) in [6, 6.07) is 0. The fraction of sp³-hybridized carbons (Fsp3) is 0.923. The normalized spacial score (nSPS) is 32.8. The van der Waals surface area contributed by atoms with Crippen LogP contribution in [-0.4, -0.2) is 41.4 Å². The molecule has 0 saturated carbocycles. The number of rotatable bonds is 2. The van der Waals surface area contributed by atoms with Gasteiger partial charge in [0.25, 0.3) is 0 Å². The second-order valence-corrected chi connectivity index (χ2v) is 6.86. The van der Waals surface area contributed by atoms with Crippen molar-refractivity contribution in [1.82, 2.24) is 4.90 Å². The fourth-order valence-corrected chi connectivity index (χ4v) is 3.36. The minimum atomic E-state index is 0.114. The summed E-state index contributed by atoms with van der Waals surface area (Å²) in [6.07, 6.45) is 3.40. The Labute approximate surface area is 112 Å². The summed E-state index contributed by atoms with van der Waals surface area (Å²) in [6.45, 7) is 6.71. The third-order valence-corrected chi connectivity index (χ3v) is 4.80. The number of nitrogens with zero attached hydrogens (tertiary/aromatic N) is 1. The van der Waals surface area contributed by atoms with Gasteiger partial charge in [-0.05, 0) is 32.1 Å². The van der Waals surface area contributed by atoms with E-state index in [4.69, 9.17) is 4.74 Å². The van der Waals surface area contributed by atoms with Crippen LogP contribution in [-0.2, 0) is 9.53 Å². The molecule has 17 heavy (non-hydrogen) atoms. The monoisotopic (exact) mass is 303 g/mol. The summed E-state index contributed by atoms with van der Waals surface area (Å²) >= 11 is 3.64. The summed E-state index contributed by atoms with van der Waals surface area (Å²) < 4.78 is 5.48. The Kier molecular flexibility index (Phi) is 4.47. The van der Waals surface area contributed by atoms with Gasteiger partial charge in [0.1, 0.15) is 0 Å². The Hall–Kier alpha value is -0.0900. The van der Waals surface area contributed by atoms with Gasteiger partial charge in [-0.15, -0.1) is 0 Å². The minimum absolute atomic E-state index is 0.114. The zero-order valence-corrected chi connectivity index (χ0v) is 12.3. The largest absolute Gasteiger partial charge is 0.378 e. The van der Waals surface area contributed by atoms with Crippen molar-refractivity contribution in [2.45, 2.75) is 44.0 Å². The molecule has 3 unspecified atom stereocenters. The van der Waals surface area contributed by atoms with Crippen molar-refractivity contribution in [3.05, 3.63) is 0 Å². The highest BCUT2D eigenvalue weighted by molar-refractivity contribution is 9.09. The highest BCUT2D eigenvalue weighted by Gasteiger charge is 2.33. The number of carbonyl (C=O) groups is 1. The van der Waals surface area contributed by atoms with Crippen LogP contribution in [0.4, 0.5) is 0 Å². The smallest absolute Gasteiger partial charge is 0.228 e. The van der Waals surface area contributed by atoms with Crippen molar-refractivity contribution in [2.24, 2.45) is 11.8 Å². The Morgan fingerprint density at radius 1 is 1.41 bits per heavy atom. The molecule has 3 atom stereocenters. The van der Waals surface area contributed by atoms with Crippen molar-refractivity contribution in [1.29, 1.82) is 0 Å². The molecule has 0 bridgehead atoms. The predicted octanol–water partition coefficient (Wildman–Crippen LogP) is 2.43. The van der Waals surface area contributed by atoms with Gasteiger partial charge in [0.15, 0.2) is 0 Å². The van der Waals surface area contributed by atoms with Crippen LogP contribution >= 0.6 is 15.9 Å². The van der Waals surface area contributed by atoms with Gasteiger partial charge in [-0.2, -0.15) is 0 Å². The van der Waals surface area contributed by atoms with Crippen LogP contribution in [0.15, 0.2) is 0 Å². The lowest BCUT2D eigenvalue weighted by Crippen LogP contribution is -2.43. The van der Waals surface area contributed by atoms with Crippen LogP contribution in [0.25, 0.3) is 0 Å². The van der Waals surface area contributed by atoms with E-state index in [0.717, 1.165) is 38.3 Å². The van der Waals surface area contributed by atoms with Crippen LogP contribution in [0.1, 0.15) is 33.1 Å². The van der Waals surface area contributed by atoms with Crippen LogP contribution < -0.4 is 0 Å². The summed E-state index contributed by atoms with van der Waals surface area (Å²) in [5.41, 5.74) is 0. The molecule has 0 aromatic rings. The van der Waals surface area contributed by atoms with Gasteiger partial charge in [0.05, 0.1) is 18.6 Å². The number of alkyl halides is 1. The molecule has 2 fully saturated rings. The molecule has 3 nitrogen and oxygen atoms in total. The Morgan fingerprint density at radius 2 is 2.06 bits per heavy atom. The van der Waals surface area contributed by atoms with Gasteiger partial charge in [0.2, 0.25) is 5.91 Å². The third-order valence-electron chi connectivity index (χ3n) is 4.05. The average Bonchev–Trinajstić information content (AvgIpc) is 2.75. The quantitative estimate of drug-likeness (QED) is 0.733. The van der Waals surface area contributed by atoms with E-state index < -0.39 is 0 Å². The van der Waals surface area contributed by atoms with Gasteiger partial charge < -0.3 is 9.64 Å². The molecular weight excluding hydrogens is 282 g/mol. The molecule has 0 spiro atoms. The first-order valence-electron chi connectivity index (χ1n) is 6.62. The zero-order valence-electron chi connectivity index (χ0n) is 10.7. The first kappa shape index (κ1) is 13.3. The van der Waals surface area contributed by atoms with Gasteiger partial charge in [-0.1, -0.05) is 22.9 Å². The molecule has 1 amide bonds. The summed E-state index contributed by atoms with van der Waals surface area (Å²) in [7, 11) is 0. The number of hydrogen-bond donors (Lipinski definition) is 0. The summed E-state index contributed by atoms with van der Waals surface area (Å²) in [5, 5.41) is 0. The van der Waals surface area contributed by atoms with E-state index in [1.165, 1.54) is 0 Å². The van der Waals surface area contributed by atoms with E-state index in [1.54, 1.807) is 0 Å². The number of halogens is 1. The maximum atomic E-state index is 12.3. The van der Waals surface area contributed by atoms with Crippen molar-refractivity contribution in [3.63, 3.8) is 0 Å². The van der Waals surface area contributed by atoms with Crippen LogP contribution in [0, 0.1) is 11.8 Å². The minimum Gasteiger partial charge on any atom is -0.378 e. The molecule has 4 heteroatoms. The molecule has 0 radical (unpaired) electrons. The molecule has 2 heterocycles. The van der Waals surface area contributed by atoms with E-state index >= 15 is 0 Å². The van der Waals surface area contributed by atoms with E-state index in [9.17, 15) is 4.79 Å². The lowest BCUT2D eigenvalue weighted by atomic mass is 9.93. The molecule has 2 aliphatic rings. The molecule has 0 N–H and O–H groups in total. The Balaban J connectivity index is 1.82. The number of piperidine rings is 1. The first-order valence-corrected chi connectivity index (χ1v) is 7.54. The van der Waals surface area contributed by atoms with E-state index in [1.807, 2.05) is 11.8 Å². The fourth-order valence-electron chi connectivity index (χ4n) is 2.83. The second kappa shape index (κ2) is 5.70. The maximum absolute atomic E-state index is 12.3. The highest BCUT2D eigenvalue weighted by atomic mass is 79.9. The van der Waals surface area contributed by atoms with Crippen LogP contribution in [0.2, 0.25) is 0 Å². The molecule has 98 valence electrons. The molecule has 0 aromatic carbocycles. The highest BCUT2D eigenvalue weighted by Crippen LogP contribution is 2.27. The van der Waals surface area contributed by atoms with Gasteiger partial charge in [-0.25, -0.2) is 0 Å². The number of carbonyl (C=O) groups excluding carboxylic acids is 1. The molecule has 0 aliphatic carbocycles. The van der Waals surface area contributed by atoms with E-state index in [-0.39, 0.29) is 12.0 Å². The van der Waals surface area contributed by atoms with Crippen molar-refractivity contribution in [3.8, 4) is 0 Å². The Bertz CT molecular complexity index is 275. The van der Waals surface area contributed by atoms with Gasteiger partial charge in [-0.3, -0.25) is 4.79 Å². The van der Waals surface area contributed by atoms with Crippen molar-refractivity contribution in [2.75, 3.05) is 19.7 Å². The van der Waals surface area contributed by atoms with Crippen LogP contribution in [0.3, 0.4) is 0 Å². The van der Waals surface area contributed by atoms with Gasteiger partial charge in [0, 0.05) is 17.9 Å². The van der Waals surface area contributed by atoms with E-state index in [2.05, 4.69) is 22.9 Å². The number of ether oxygens (including phenoxy) is 1. The SMILES string of the molecule is CC1CC(C(=O)N2CCC(C(C)Br)CC2)CO1. The number of amides is 1. The lowest BCUT2D eigenvalue weighted by molar-refractivity contribution is -0.136. The standard InChI is InChI=1S/C13H22BrNO2/c1-9-7-12(8-17-9)13(16)15-5-3-11(4-6-15)10(2)14/h9-12H,3-8H2,1-2H3. The topological polar surface area (TPSA) is 29.5 Å².